The van der Waals surface area contributed by atoms with E-state index < -0.39 is 0 Å². The molecule has 0 spiro atoms. The first-order chi connectivity index (χ1) is 9.75. The molecule has 0 aromatic heterocycles. The highest BCUT2D eigenvalue weighted by Crippen LogP contribution is 2.45. The Morgan fingerprint density at radius 2 is 1.86 bits per heavy atom. The number of nitrogens with two attached hydrogens (primary N) is 1. The van der Waals surface area contributed by atoms with Crippen LogP contribution in [0, 0.1) is 23.1 Å². The summed E-state index contributed by atoms with van der Waals surface area (Å²) >= 11 is 0. The topological polar surface area (TPSA) is 46.3 Å². The van der Waals surface area contributed by atoms with Crippen LogP contribution in [0.25, 0.3) is 0 Å². The van der Waals surface area contributed by atoms with Crippen LogP contribution in [-0.2, 0) is 4.79 Å². The zero-order chi connectivity index (χ0) is 15.8. The van der Waals surface area contributed by atoms with E-state index in [1.54, 1.807) is 24.1 Å². The second-order valence-corrected chi connectivity index (χ2v) is 6.78. The Bertz CT molecular complexity index is 512. The van der Waals surface area contributed by atoms with E-state index in [1.807, 2.05) is 0 Å². The van der Waals surface area contributed by atoms with Gasteiger partial charge in [0.25, 0.3) is 0 Å². The first-order valence-corrected chi connectivity index (χ1v) is 7.54. The number of amides is 1. The molecule has 116 valence electrons. The molecular weight excluding hydrogens is 267 g/mol. The van der Waals surface area contributed by atoms with Gasteiger partial charge in [-0.05, 0) is 48.4 Å². The van der Waals surface area contributed by atoms with Crippen LogP contribution in [0.15, 0.2) is 24.3 Å². The molecule has 2 rings (SSSR count). The van der Waals surface area contributed by atoms with Gasteiger partial charge in [0.1, 0.15) is 5.82 Å². The Morgan fingerprint density at radius 1 is 1.29 bits per heavy atom. The molecule has 4 heteroatoms. The van der Waals surface area contributed by atoms with Crippen molar-refractivity contribution in [2.45, 2.75) is 39.7 Å². The van der Waals surface area contributed by atoms with Crippen molar-refractivity contribution in [1.29, 1.82) is 0 Å². The van der Waals surface area contributed by atoms with Crippen molar-refractivity contribution < 1.29 is 9.18 Å². The van der Waals surface area contributed by atoms with E-state index >= 15 is 0 Å². The summed E-state index contributed by atoms with van der Waals surface area (Å²) in [5.74, 6) is 0.0340. The minimum Gasteiger partial charge on any atom is -0.327 e. The number of hydrogen-bond acceptors (Lipinski definition) is 2. The van der Waals surface area contributed by atoms with E-state index in [2.05, 4.69) is 20.8 Å². The lowest BCUT2D eigenvalue weighted by atomic mass is 9.60. The summed E-state index contributed by atoms with van der Waals surface area (Å²) in [5, 5.41) is 0. The van der Waals surface area contributed by atoms with E-state index in [1.165, 1.54) is 12.1 Å². The van der Waals surface area contributed by atoms with Gasteiger partial charge in [0, 0.05) is 24.7 Å². The third kappa shape index (κ3) is 2.95. The van der Waals surface area contributed by atoms with Gasteiger partial charge in [-0.3, -0.25) is 4.79 Å². The Balaban J connectivity index is 2.21. The number of halogens is 1. The average Bonchev–Trinajstić information content (AvgIpc) is 2.44. The monoisotopic (exact) mass is 292 g/mol. The van der Waals surface area contributed by atoms with Crippen molar-refractivity contribution in [1.82, 2.24) is 0 Å². The lowest BCUT2D eigenvalue weighted by molar-refractivity contribution is -0.129. The van der Waals surface area contributed by atoms with Crippen LogP contribution in [0.1, 0.15) is 33.6 Å². The van der Waals surface area contributed by atoms with Crippen LogP contribution in [0.5, 0.6) is 0 Å². The van der Waals surface area contributed by atoms with Crippen LogP contribution < -0.4 is 10.6 Å². The first kappa shape index (κ1) is 16.0. The number of carbonyl (C=O) groups excluding carboxylic acids is 1. The summed E-state index contributed by atoms with van der Waals surface area (Å²) in [6.45, 7) is 6.37. The molecule has 0 saturated heterocycles. The van der Waals surface area contributed by atoms with Crippen molar-refractivity contribution in [3.8, 4) is 0 Å². The molecule has 0 aliphatic heterocycles. The van der Waals surface area contributed by atoms with Gasteiger partial charge in [0.15, 0.2) is 0 Å². The number of carbonyl (C=O) groups is 1. The Kier molecular flexibility index (Phi) is 4.38. The maximum absolute atomic E-state index is 13.0. The SMILES string of the molecule is CC1C(N)CCC(C(=O)N(C)c2ccc(F)cc2)C1(C)C. The largest absolute Gasteiger partial charge is 0.327 e. The molecule has 1 aromatic carbocycles. The van der Waals surface area contributed by atoms with Gasteiger partial charge in [-0.2, -0.15) is 0 Å². The third-order valence-corrected chi connectivity index (χ3v) is 5.35. The van der Waals surface area contributed by atoms with Gasteiger partial charge >= 0.3 is 0 Å². The molecule has 3 unspecified atom stereocenters. The summed E-state index contributed by atoms with van der Waals surface area (Å²) in [5.41, 5.74) is 6.74. The molecule has 1 saturated carbocycles. The van der Waals surface area contributed by atoms with Crippen LogP contribution in [0.2, 0.25) is 0 Å². The minimum absolute atomic E-state index is 0.0534. The highest BCUT2D eigenvalue weighted by molar-refractivity contribution is 5.95. The fraction of sp³-hybridized carbons (Fsp3) is 0.588. The van der Waals surface area contributed by atoms with Gasteiger partial charge < -0.3 is 10.6 Å². The number of hydrogen-bond donors (Lipinski definition) is 1. The van der Waals surface area contributed by atoms with E-state index in [0.29, 0.717) is 5.92 Å². The smallest absolute Gasteiger partial charge is 0.230 e. The van der Waals surface area contributed by atoms with Crippen molar-refractivity contribution in [2.75, 3.05) is 11.9 Å². The normalized spacial score (nSPS) is 28.2. The molecular formula is C17H25FN2O. The van der Waals surface area contributed by atoms with Crippen molar-refractivity contribution >= 4 is 11.6 Å². The molecule has 0 radical (unpaired) electrons. The second-order valence-electron chi connectivity index (χ2n) is 6.78. The van der Waals surface area contributed by atoms with E-state index in [0.717, 1.165) is 18.5 Å². The molecule has 0 bridgehead atoms. The van der Waals surface area contributed by atoms with Gasteiger partial charge in [0.05, 0.1) is 0 Å². The lowest BCUT2D eigenvalue weighted by Gasteiger charge is -2.47. The average molecular weight is 292 g/mol. The first-order valence-electron chi connectivity index (χ1n) is 7.54. The van der Waals surface area contributed by atoms with Gasteiger partial charge in [-0.1, -0.05) is 20.8 Å². The Morgan fingerprint density at radius 3 is 2.43 bits per heavy atom. The molecule has 1 aliphatic rings. The lowest BCUT2D eigenvalue weighted by Crippen LogP contribution is -2.52. The van der Waals surface area contributed by atoms with Gasteiger partial charge in [-0.25, -0.2) is 4.39 Å². The molecule has 1 aromatic rings. The highest BCUT2D eigenvalue weighted by Gasteiger charge is 2.45. The van der Waals surface area contributed by atoms with Crippen LogP contribution in [-0.4, -0.2) is 19.0 Å². The van der Waals surface area contributed by atoms with Crippen LogP contribution in [0.4, 0.5) is 10.1 Å². The molecule has 0 heterocycles. The predicted molar refractivity (Wildman–Crippen MR) is 83.5 cm³/mol. The summed E-state index contributed by atoms with van der Waals surface area (Å²) in [4.78, 5) is 14.5. The van der Waals surface area contributed by atoms with E-state index in [4.69, 9.17) is 5.73 Å². The second kappa shape index (κ2) is 5.76. The highest BCUT2D eigenvalue weighted by atomic mass is 19.1. The summed E-state index contributed by atoms with van der Waals surface area (Å²) in [6, 6.07) is 6.18. The summed E-state index contributed by atoms with van der Waals surface area (Å²) < 4.78 is 13.0. The fourth-order valence-corrected chi connectivity index (χ4v) is 3.32. The standard InChI is InChI=1S/C17H25FN2O/c1-11-15(19)10-9-14(17(11,2)3)16(21)20(4)13-7-5-12(18)6-8-13/h5-8,11,14-15H,9-10,19H2,1-4H3. The van der Waals surface area contributed by atoms with Crippen molar-refractivity contribution in [3.63, 3.8) is 0 Å². The summed E-state index contributed by atoms with van der Waals surface area (Å²) in [6.07, 6.45) is 1.68. The zero-order valence-electron chi connectivity index (χ0n) is 13.3. The van der Waals surface area contributed by atoms with Gasteiger partial charge in [0.2, 0.25) is 5.91 Å². The minimum atomic E-state index is -0.294. The van der Waals surface area contributed by atoms with Crippen molar-refractivity contribution in [2.24, 2.45) is 23.0 Å². The number of rotatable bonds is 2. The van der Waals surface area contributed by atoms with Crippen LogP contribution >= 0.6 is 0 Å². The molecule has 21 heavy (non-hydrogen) atoms. The number of benzene rings is 1. The molecule has 1 amide bonds. The maximum Gasteiger partial charge on any atom is 0.230 e. The van der Waals surface area contributed by atoms with Crippen LogP contribution in [0.3, 0.4) is 0 Å². The zero-order valence-corrected chi connectivity index (χ0v) is 13.3. The molecule has 3 atom stereocenters. The summed E-state index contributed by atoms with van der Waals surface area (Å²) in [7, 11) is 1.75. The maximum atomic E-state index is 13.0. The fourth-order valence-electron chi connectivity index (χ4n) is 3.32. The Labute approximate surface area is 126 Å². The van der Waals surface area contributed by atoms with E-state index in [-0.39, 0.29) is 29.1 Å². The molecule has 1 fully saturated rings. The quantitative estimate of drug-likeness (QED) is 0.910. The third-order valence-electron chi connectivity index (χ3n) is 5.35. The van der Waals surface area contributed by atoms with Gasteiger partial charge in [-0.15, -0.1) is 0 Å². The number of anilines is 1. The van der Waals surface area contributed by atoms with Crippen molar-refractivity contribution in [3.05, 3.63) is 30.1 Å². The predicted octanol–water partition coefficient (Wildman–Crippen LogP) is 3.19. The molecule has 3 nitrogen and oxygen atoms in total. The Hall–Kier alpha value is -1.42. The molecule has 1 aliphatic carbocycles. The molecule has 2 N–H and O–H groups in total. The number of nitrogens with zero attached hydrogens (tertiary/aromatic N) is 1. The van der Waals surface area contributed by atoms with E-state index in [9.17, 15) is 9.18 Å².